The normalized spacial score (nSPS) is 15.6. The van der Waals surface area contributed by atoms with Gasteiger partial charge in [0.1, 0.15) is 5.82 Å². The summed E-state index contributed by atoms with van der Waals surface area (Å²) in [5.74, 6) is -1.10. The molecule has 6 heteroatoms. The van der Waals surface area contributed by atoms with Crippen LogP contribution >= 0.6 is 11.6 Å². The lowest BCUT2D eigenvalue weighted by Gasteiger charge is -2.29. The molecule has 1 saturated heterocycles. The summed E-state index contributed by atoms with van der Waals surface area (Å²) in [6, 6.07) is 3.00. The molecule has 0 bridgehead atoms. The quantitative estimate of drug-likeness (QED) is 0.851. The van der Waals surface area contributed by atoms with Gasteiger partial charge < -0.3 is 15.5 Å². The summed E-state index contributed by atoms with van der Waals surface area (Å²) >= 11 is 5.98. The van der Waals surface area contributed by atoms with Crippen molar-refractivity contribution in [1.82, 2.24) is 10.6 Å². The molecule has 4 nitrogen and oxygen atoms in total. The van der Waals surface area contributed by atoms with Crippen molar-refractivity contribution in [2.75, 3.05) is 38.1 Å². The number of hydrogen-bond donors (Lipinski definition) is 2. The Hall–Kier alpha value is -1.33. The van der Waals surface area contributed by atoms with Crippen molar-refractivity contribution in [3.63, 3.8) is 0 Å². The minimum atomic E-state index is -0.588. The van der Waals surface area contributed by atoms with Crippen LogP contribution in [-0.4, -0.2) is 39.1 Å². The van der Waals surface area contributed by atoms with Crippen LogP contribution in [0.5, 0.6) is 0 Å². The third kappa shape index (κ3) is 2.57. The van der Waals surface area contributed by atoms with Crippen LogP contribution in [0.1, 0.15) is 10.4 Å². The zero-order valence-electron chi connectivity index (χ0n) is 10.1. The standard InChI is InChI=1S/C12H15ClFN3O/c1-15-12(18)11-9(13)6-8(7-10(11)14)17-4-2-16-3-5-17/h6-7,16H,2-5H2,1H3,(H,15,18). The van der Waals surface area contributed by atoms with Crippen molar-refractivity contribution in [2.24, 2.45) is 0 Å². The minimum Gasteiger partial charge on any atom is -0.369 e. The van der Waals surface area contributed by atoms with Crippen LogP contribution in [0.4, 0.5) is 10.1 Å². The lowest BCUT2D eigenvalue weighted by molar-refractivity contribution is 0.0959. The average Bonchev–Trinajstić information content (AvgIpc) is 2.38. The molecule has 0 aliphatic carbocycles. The molecule has 0 unspecified atom stereocenters. The number of carbonyl (C=O) groups is 1. The molecular formula is C12H15ClFN3O. The molecule has 1 amide bonds. The second kappa shape index (κ2) is 5.54. The van der Waals surface area contributed by atoms with Crippen LogP contribution in [0, 0.1) is 5.82 Å². The Morgan fingerprint density at radius 3 is 2.67 bits per heavy atom. The first-order valence-corrected chi connectivity index (χ1v) is 6.18. The number of benzene rings is 1. The maximum absolute atomic E-state index is 13.9. The summed E-state index contributed by atoms with van der Waals surface area (Å²) in [5, 5.41) is 5.74. The van der Waals surface area contributed by atoms with Crippen LogP contribution in [0.25, 0.3) is 0 Å². The molecule has 0 saturated carbocycles. The highest BCUT2D eigenvalue weighted by Gasteiger charge is 2.19. The van der Waals surface area contributed by atoms with E-state index in [1.807, 2.05) is 4.90 Å². The van der Waals surface area contributed by atoms with Crippen molar-refractivity contribution in [2.45, 2.75) is 0 Å². The molecule has 2 rings (SSSR count). The molecule has 0 aromatic heterocycles. The first kappa shape index (κ1) is 13.1. The highest BCUT2D eigenvalue weighted by molar-refractivity contribution is 6.34. The Morgan fingerprint density at radius 2 is 2.11 bits per heavy atom. The van der Waals surface area contributed by atoms with Crippen LogP contribution in [0.3, 0.4) is 0 Å². The number of amides is 1. The molecule has 0 spiro atoms. The molecule has 1 heterocycles. The third-order valence-electron chi connectivity index (χ3n) is 2.96. The fraction of sp³-hybridized carbons (Fsp3) is 0.417. The highest BCUT2D eigenvalue weighted by Crippen LogP contribution is 2.27. The molecule has 1 aromatic carbocycles. The number of rotatable bonds is 2. The van der Waals surface area contributed by atoms with E-state index >= 15 is 0 Å². The van der Waals surface area contributed by atoms with Crippen molar-refractivity contribution in [3.05, 3.63) is 28.5 Å². The van der Waals surface area contributed by atoms with Crippen LogP contribution < -0.4 is 15.5 Å². The number of hydrogen-bond acceptors (Lipinski definition) is 3. The SMILES string of the molecule is CNC(=O)c1c(F)cc(N2CCNCC2)cc1Cl. The fourth-order valence-electron chi connectivity index (χ4n) is 2.01. The molecular weight excluding hydrogens is 257 g/mol. The van der Waals surface area contributed by atoms with Crippen LogP contribution in [0.2, 0.25) is 5.02 Å². The second-order valence-corrected chi connectivity index (χ2v) is 4.51. The Bertz CT molecular complexity index is 438. The van der Waals surface area contributed by atoms with Crippen molar-refractivity contribution in [1.29, 1.82) is 0 Å². The van der Waals surface area contributed by atoms with E-state index < -0.39 is 11.7 Å². The van der Waals surface area contributed by atoms with Crippen molar-refractivity contribution in [3.8, 4) is 0 Å². The molecule has 0 radical (unpaired) electrons. The predicted octanol–water partition coefficient (Wildman–Crippen LogP) is 1.25. The van der Waals surface area contributed by atoms with Gasteiger partial charge in [0, 0.05) is 38.9 Å². The van der Waals surface area contributed by atoms with Crippen molar-refractivity contribution >= 4 is 23.2 Å². The van der Waals surface area contributed by atoms with Gasteiger partial charge in [-0.3, -0.25) is 4.79 Å². The largest absolute Gasteiger partial charge is 0.369 e. The second-order valence-electron chi connectivity index (χ2n) is 4.10. The van der Waals surface area contributed by atoms with Crippen LogP contribution in [-0.2, 0) is 0 Å². The topological polar surface area (TPSA) is 44.4 Å². The molecule has 98 valence electrons. The van der Waals surface area contributed by atoms with Gasteiger partial charge in [0.2, 0.25) is 0 Å². The van der Waals surface area contributed by atoms with Gasteiger partial charge in [0.15, 0.2) is 0 Å². The Labute approximate surface area is 110 Å². The van der Waals surface area contributed by atoms with Gasteiger partial charge in [-0.15, -0.1) is 0 Å². The summed E-state index contributed by atoms with van der Waals surface area (Å²) in [4.78, 5) is 13.5. The summed E-state index contributed by atoms with van der Waals surface area (Å²) in [6.07, 6.45) is 0. The van der Waals surface area contributed by atoms with E-state index in [2.05, 4.69) is 10.6 Å². The van der Waals surface area contributed by atoms with Gasteiger partial charge in [0.05, 0.1) is 10.6 Å². The first-order valence-electron chi connectivity index (χ1n) is 5.80. The van der Waals surface area contributed by atoms with Gasteiger partial charge in [-0.1, -0.05) is 11.6 Å². The van der Waals surface area contributed by atoms with E-state index in [1.165, 1.54) is 13.1 Å². The van der Waals surface area contributed by atoms with Gasteiger partial charge >= 0.3 is 0 Å². The molecule has 1 aromatic rings. The first-order chi connectivity index (χ1) is 8.63. The molecule has 1 aliphatic rings. The van der Waals surface area contributed by atoms with E-state index in [4.69, 9.17) is 11.6 Å². The van der Waals surface area contributed by atoms with Crippen molar-refractivity contribution < 1.29 is 9.18 Å². The minimum absolute atomic E-state index is 0.0990. The smallest absolute Gasteiger partial charge is 0.255 e. The fourth-order valence-corrected chi connectivity index (χ4v) is 2.30. The molecule has 0 atom stereocenters. The summed E-state index contributed by atoms with van der Waals surface area (Å²) < 4.78 is 13.9. The van der Waals surface area contributed by atoms with Gasteiger partial charge in [0.25, 0.3) is 5.91 Å². The Balaban J connectivity index is 2.32. The van der Waals surface area contributed by atoms with E-state index in [0.29, 0.717) is 5.69 Å². The number of piperazine rings is 1. The lowest BCUT2D eigenvalue weighted by atomic mass is 10.1. The van der Waals surface area contributed by atoms with Gasteiger partial charge in [-0.05, 0) is 12.1 Å². The predicted molar refractivity (Wildman–Crippen MR) is 69.9 cm³/mol. The number of anilines is 1. The molecule has 18 heavy (non-hydrogen) atoms. The van der Waals surface area contributed by atoms with E-state index in [1.54, 1.807) is 6.07 Å². The molecule has 2 N–H and O–H groups in total. The molecule has 1 aliphatic heterocycles. The lowest BCUT2D eigenvalue weighted by Crippen LogP contribution is -2.43. The number of halogens is 2. The zero-order chi connectivity index (χ0) is 13.1. The van der Waals surface area contributed by atoms with Crippen LogP contribution in [0.15, 0.2) is 12.1 Å². The Morgan fingerprint density at radius 1 is 1.44 bits per heavy atom. The Kier molecular flexibility index (Phi) is 4.04. The summed E-state index contributed by atoms with van der Waals surface area (Å²) in [5.41, 5.74) is 0.615. The van der Waals surface area contributed by atoms with E-state index in [9.17, 15) is 9.18 Å². The monoisotopic (exact) mass is 271 g/mol. The average molecular weight is 272 g/mol. The van der Waals surface area contributed by atoms with E-state index in [0.717, 1.165) is 26.2 Å². The van der Waals surface area contributed by atoms with E-state index in [-0.39, 0.29) is 10.6 Å². The third-order valence-corrected chi connectivity index (χ3v) is 3.26. The number of carbonyl (C=O) groups excluding carboxylic acids is 1. The maximum atomic E-state index is 13.9. The molecule has 1 fully saturated rings. The number of nitrogens with zero attached hydrogens (tertiary/aromatic N) is 1. The zero-order valence-corrected chi connectivity index (χ0v) is 10.9. The maximum Gasteiger partial charge on any atom is 0.255 e. The highest BCUT2D eigenvalue weighted by atomic mass is 35.5. The van der Waals surface area contributed by atoms with Gasteiger partial charge in [-0.25, -0.2) is 4.39 Å². The summed E-state index contributed by atoms with van der Waals surface area (Å²) in [6.45, 7) is 3.32. The summed E-state index contributed by atoms with van der Waals surface area (Å²) in [7, 11) is 1.45. The number of nitrogens with one attached hydrogen (secondary N) is 2. The van der Waals surface area contributed by atoms with Gasteiger partial charge in [-0.2, -0.15) is 0 Å².